The SMILES string of the molecule is O=P(O)(O)O.[O]=[Cr](=[O])([O-])[O-].[Zn+2]. The Morgan fingerprint density at radius 3 is 1.09 bits per heavy atom. The Labute approximate surface area is 76.3 Å². The maximum Gasteiger partial charge on any atom is 2.00 e. The quantitative estimate of drug-likeness (QED) is 0.303. The normalized spacial score (nSPS) is 10.6. The van der Waals surface area contributed by atoms with Gasteiger partial charge in [-0.15, -0.1) is 0 Å². The Bertz CT molecular complexity index is 192. The smallest absolute Gasteiger partial charge is 2.00 e. The zero-order valence-corrected chi connectivity index (χ0v) is 10.1. The number of rotatable bonds is 0. The summed E-state index contributed by atoms with van der Waals surface area (Å²) in [6, 6.07) is 0. The van der Waals surface area contributed by atoms with Crippen LogP contribution < -0.4 is 8.32 Å². The van der Waals surface area contributed by atoms with Crippen molar-refractivity contribution < 1.29 is 68.3 Å². The van der Waals surface area contributed by atoms with E-state index in [4.69, 9.17) is 35.2 Å². The van der Waals surface area contributed by atoms with E-state index in [0.29, 0.717) is 0 Å². The monoisotopic (exact) mass is 278 g/mol. The van der Waals surface area contributed by atoms with Crippen molar-refractivity contribution in [3.63, 3.8) is 0 Å². The van der Waals surface area contributed by atoms with E-state index in [-0.39, 0.29) is 19.5 Å². The fourth-order valence-corrected chi connectivity index (χ4v) is 0. The van der Waals surface area contributed by atoms with Crippen LogP contribution in [0.4, 0.5) is 0 Å². The Kier molecular flexibility index (Phi) is 10.2. The molecule has 0 aromatic heterocycles. The van der Waals surface area contributed by atoms with Crippen molar-refractivity contribution >= 4 is 7.82 Å². The largest absolute Gasteiger partial charge is 2.00 e. The first-order valence-electron chi connectivity index (χ1n) is 1.45. The van der Waals surface area contributed by atoms with Gasteiger partial charge in [0.25, 0.3) is 0 Å². The summed E-state index contributed by atoms with van der Waals surface area (Å²) in [7, 11) is -4.64. The Balaban J connectivity index is -0.000000107. The minimum atomic E-state index is -5.75. The Hall–Kier alpha value is 0.786. The van der Waals surface area contributed by atoms with Gasteiger partial charge in [0.1, 0.15) is 0 Å². The molecule has 0 aliphatic carbocycles. The third-order valence-corrected chi connectivity index (χ3v) is 0. The second kappa shape index (κ2) is 6.32. The molecule has 0 aliphatic rings. The van der Waals surface area contributed by atoms with E-state index in [1.54, 1.807) is 0 Å². The summed E-state index contributed by atoms with van der Waals surface area (Å²) in [6.07, 6.45) is 0. The minimum absolute atomic E-state index is 0. The van der Waals surface area contributed by atoms with Gasteiger partial charge in [-0.1, -0.05) is 0 Å². The first kappa shape index (κ1) is 17.8. The second-order valence-electron chi connectivity index (χ2n) is 0.922. The summed E-state index contributed by atoms with van der Waals surface area (Å²) in [5.74, 6) is 0. The summed E-state index contributed by atoms with van der Waals surface area (Å²) in [4.78, 5) is 21.6. The van der Waals surface area contributed by atoms with Crippen molar-refractivity contribution in [2.75, 3.05) is 0 Å². The average molecular weight is 279 g/mol. The summed E-state index contributed by atoms with van der Waals surface area (Å²) in [5.41, 5.74) is 0. The van der Waals surface area contributed by atoms with Gasteiger partial charge in [-0.05, 0) is 0 Å². The molecule has 0 spiro atoms. The van der Waals surface area contributed by atoms with Gasteiger partial charge in [-0.25, -0.2) is 4.57 Å². The Morgan fingerprint density at radius 1 is 1.09 bits per heavy atom. The van der Waals surface area contributed by atoms with Gasteiger partial charge in [0.2, 0.25) is 0 Å². The summed E-state index contributed by atoms with van der Waals surface area (Å²) in [6.45, 7) is 0. The van der Waals surface area contributed by atoms with E-state index < -0.39 is 21.4 Å². The van der Waals surface area contributed by atoms with Crippen molar-refractivity contribution in [1.29, 1.82) is 0 Å². The predicted octanol–water partition coefficient (Wildman–Crippen LogP) is -3.55. The zero-order chi connectivity index (χ0) is 9.00. The molecule has 0 unspecified atom stereocenters. The topological polar surface area (TPSA) is 158 Å². The molecular formula is H3CrO8PZn. The maximum atomic E-state index is 8.88. The minimum Gasteiger partial charge on any atom is 2.00 e. The molecule has 0 atom stereocenters. The van der Waals surface area contributed by atoms with Crippen molar-refractivity contribution in [1.82, 2.24) is 0 Å². The van der Waals surface area contributed by atoms with Crippen LogP contribution in [0, 0.1) is 0 Å². The standard InChI is InChI=1S/Cr.H3O4P.4O.Zn/c;1-5(2,3)4;;;;;/h;(H3,1,2,3,4);;;;;/q;;;;2*-1;+2. The van der Waals surface area contributed by atoms with Crippen LogP contribution in [0.25, 0.3) is 0 Å². The first-order chi connectivity index (χ1) is 4.00. The van der Waals surface area contributed by atoms with Gasteiger partial charge in [0.15, 0.2) is 0 Å². The van der Waals surface area contributed by atoms with E-state index in [1.165, 1.54) is 0 Å². The molecule has 64 valence electrons. The van der Waals surface area contributed by atoms with Gasteiger partial charge in [-0.2, -0.15) is 0 Å². The molecule has 3 N–H and O–H groups in total. The van der Waals surface area contributed by atoms with Gasteiger partial charge < -0.3 is 14.7 Å². The van der Waals surface area contributed by atoms with Crippen LogP contribution in [0.1, 0.15) is 0 Å². The van der Waals surface area contributed by atoms with Crippen LogP contribution in [0.3, 0.4) is 0 Å². The molecule has 0 bridgehead atoms. The fraction of sp³-hybridized carbons (Fsp3) is 0. The predicted molar refractivity (Wildman–Crippen MR) is 15.6 cm³/mol. The molecule has 11 heteroatoms. The van der Waals surface area contributed by atoms with Crippen molar-refractivity contribution in [2.24, 2.45) is 0 Å². The molecule has 8 nitrogen and oxygen atoms in total. The van der Waals surface area contributed by atoms with E-state index in [1.807, 2.05) is 0 Å². The Morgan fingerprint density at radius 2 is 1.09 bits per heavy atom. The van der Waals surface area contributed by atoms with E-state index in [0.717, 1.165) is 0 Å². The van der Waals surface area contributed by atoms with Crippen LogP contribution >= 0.6 is 7.82 Å². The molecular weight excluding hydrogens is 276 g/mol. The van der Waals surface area contributed by atoms with Crippen LogP contribution in [0.5, 0.6) is 0 Å². The molecule has 0 heterocycles. The summed E-state index contributed by atoms with van der Waals surface area (Å²) in [5, 5.41) is 0. The van der Waals surface area contributed by atoms with Crippen molar-refractivity contribution in [3.8, 4) is 0 Å². The molecule has 0 saturated carbocycles. The average Bonchev–Trinajstić information content (AvgIpc) is 1.12. The zero-order valence-electron chi connectivity index (χ0n) is 4.95. The third-order valence-electron chi connectivity index (χ3n) is 0. The molecule has 0 amide bonds. The fourth-order valence-electron chi connectivity index (χ4n) is 0. The van der Waals surface area contributed by atoms with E-state index in [2.05, 4.69) is 0 Å². The van der Waals surface area contributed by atoms with Gasteiger partial charge in [0.05, 0.1) is 0 Å². The van der Waals surface area contributed by atoms with E-state index in [9.17, 15) is 0 Å². The third kappa shape index (κ3) is 1350. The first-order valence-corrected chi connectivity index (χ1v) is 5.10. The van der Waals surface area contributed by atoms with Gasteiger partial charge >= 0.3 is 56.8 Å². The second-order valence-corrected chi connectivity index (χ2v) is 3.22. The van der Waals surface area contributed by atoms with Crippen LogP contribution in [0.15, 0.2) is 0 Å². The van der Waals surface area contributed by atoms with Crippen LogP contribution in [-0.4, -0.2) is 14.7 Å². The molecule has 0 fully saturated rings. The number of hydrogen-bond acceptors (Lipinski definition) is 5. The maximum absolute atomic E-state index is 8.88. The van der Waals surface area contributed by atoms with Gasteiger partial charge in [-0.3, -0.25) is 0 Å². The van der Waals surface area contributed by atoms with Gasteiger partial charge in [0, 0.05) is 0 Å². The molecule has 0 aromatic rings. The number of phosphoric acid groups is 1. The molecule has 0 saturated heterocycles. The molecule has 0 radical (unpaired) electrons. The van der Waals surface area contributed by atoms with Crippen LogP contribution in [0.2, 0.25) is 0 Å². The molecule has 0 rings (SSSR count). The summed E-state index contributed by atoms with van der Waals surface area (Å²) >= 11 is -5.75. The van der Waals surface area contributed by atoms with Crippen molar-refractivity contribution in [2.45, 2.75) is 0 Å². The van der Waals surface area contributed by atoms with E-state index >= 15 is 0 Å². The summed E-state index contributed by atoms with van der Waals surface area (Å²) < 4.78 is 43.3. The van der Waals surface area contributed by atoms with Crippen LogP contribution in [-0.2, 0) is 45.3 Å². The molecule has 11 heavy (non-hydrogen) atoms. The number of hydrogen-bond donors (Lipinski definition) is 3. The molecule has 0 aliphatic heterocycles. The molecule has 0 aromatic carbocycles. The van der Waals surface area contributed by atoms with Crippen molar-refractivity contribution in [3.05, 3.63) is 0 Å².